The topological polar surface area (TPSA) is 32.3 Å². The fourth-order valence-corrected chi connectivity index (χ4v) is 2.98. The predicted octanol–water partition coefficient (Wildman–Crippen LogP) is 3.67. The molecule has 0 spiro atoms. The van der Waals surface area contributed by atoms with Gasteiger partial charge in [0.25, 0.3) is 0 Å². The second kappa shape index (κ2) is 8.05. The van der Waals surface area contributed by atoms with Crippen LogP contribution < -0.4 is 5.32 Å². The molecule has 20 heavy (non-hydrogen) atoms. The number of likely N-dealkylation sites (tertiary alicyclic amines) is 1. The van der Waals surface area contributed by atoms with E-state index in [9.17, 15) is 4.79 Å². The fraction of sp³-hybridized carbons (Fsp3) is 0.588. The molecule has 0 radical (unpaired) electrons. The maximum Gasteiger partial charge on any atom is 0.225 e. The van der Waals surface area contributed by atoms with Crippen molar-refractivity contribution in [2.45, 2.75) is 51.5 Å². The first kappa shape index (κ1) is 15.0. The summed E-state index contributed by atoms with van der Waals surface area (Å²) in [4.78, 5) is 14.7. The van der Waals surface area contributed by atoms with Gasteiger partial charge in [-0.2, -0.15) is 0 Å². The summed E-state index contributed by atoms with van der Waals surface area (Å²) in [5, 5.41) is 3.00. The number of hydrogen-bond acceptors (Lipinski definition) is 2. The highest BCUT2D eigenvalue weighted by atomic mass is 16.1. The van der Waals surface area contributed by atoms with Crippen LogP contribution >= 0.6 is 0 Å². The summed E-state index contributed by atoms with van der Waals surface area (Å²) >= 11 is 0. The van der Waals surface area contributed by atoms with E-state index in [1.807, 2.05) is 30.3 Å². The van der Waals surface area contributed by atoms with E-state index in [0.717, 1.165) is 31.6 Å². The number of benzene rings is 1. The Morgan fingerprint density at radius 2 is 1.90 bits per heavy atom. The summed E-state index contributed by atoms with van der Waals surface area (Å²) in [5.74, 6) is 0.139. The quantitative estimate of drug-likeness (QED) is 0.858. The van der Waals surface area contributed by atoms with Crippen LogP contribution in [0.4, 0.5) is 5.69 Å². The van der Waals surface area contributed by atoms with Gasteiger partial charge in [-0.05, 0) is 44.5 Å². The van der Waals surface area contributed by atoms with Crippen molar-refractivity contribution in [2.75, 3.05) is 18.4 Å². The third-order valence-electron chi connectivity index (χ3n) is 4.01. The van der Waals surface area contributed by atoms with E-state index < -0.39 is 0 Å². The standard InChI is InChI=1S/C17H26N2O/c1-2-9-16(19-12-7-4-8-13-19)14-17(20)18-15-10-5-3-6-11-15/h3,5-6,10-11,16H,2,4,7-9,12-14H2,1H3,(H,18,20). The molecule has 1 amide bonds. The second-order valence-corrected chi connectivity index (χ2v) is 5.66. The molecular formula is C17H26N2O. The molecule has 1 saturated heterocycles. The van der Waals surface area contributed by atoms with E-state index in [0.29, 0.717) is 12.5 Å². The molecule has 1 aliphatic heterocycles. The average Bonchev–Trinajstić information content (AvgIpc) is 2.49. The largest absolute Gasteiger partial charge is 0.326 e. The van der Waals surface area contributed by atoms with Crippen molar-refractivity contribution < 1.29 is 4.79 Å². The van der Waals surface area contributed by atoms with Crippen LogP contribution in [0.2, 0.25) is 0 Å². The summed E-state index contributed by atoms with van der Waals surface area (Å²) in [6.07, 6.45) is 6.76. The zero-order chi connectivity index (χ0) is 14.2. The van der Waals surface area contributed by atoms with Crippen LogP contribution in [0, 0.1) is 0 Å². The first-order valence-corrected chi connectivity index (χ1v) is 7.88. The minimum absolute atomic E-state index is 0.139. The normalized spacial score (nSPS) is 17.6. The monoisotopic (exact) mass is 274 g/mol. The van der Waals surface area contributed by atoms with Crippen molar-refractivity contribution in [2.24, 2.45) is 0 Å². The highest BCUT2D eigenvalue weighted by Crippen LogP contribution is 2.18. The molecule has 3 nitrogen and oxygen atoms in total. The predicted molar refractivity (Wildman–Crippen MR) is 83.8 cm³/mol. The lowest BCUT2D eigenvalue weighted by Gasteiger charge is -2.34. The Bertz CT molecular complexity index is 399. The Hall–Kier alpha value is -1.35. The van der Waals surface area contributed by atoms with Crippen molar-refractivity contribution in [3.8, 4) is 0 Å². The van der Waals surface area contributed by atoms with Gasteiger partial charge in [0.2, 0.25) is 5.91 Å². The summed E-state index contributed by atoms with van der Waals surface area (Å²) in [6, 6.07) is 10.1. The Morgan fingerprint density at radius 1 is 1.20 bits per heavy atom. The molecule has 3 heteroatoms. The van der Waals surface area contributed by atoms with Gasteiger partial charge in [0.05, 0.1) is 0 Å². The molecule has 0 bridgehead atoms. The van der Waals surface area contributed by atoms with Crippen LogP contribution in [0.3, 0.4) is 0 Å². The van der Waals surface area contributed by atoms with Gasteiger partial charge < -0.3 is 5.32 Å². The van der Waals surface area contributed by atoms with E-state index in [-0.39, 0.29) is 5.91 Å². The van der Waals surface area contributed by atoms with Crippen LogP contribution in [0.15, 0.2) is 30.3 Å². The number of carbonyl (C=O) groups excluding carboxylic acids is 1. The lowest BCUT2D eigenvalue weighted by molar-refractivity contribution is -0.117. The van der Waals surface area contributed by atoms with E-state index >= 15 is 0 Å². The molecule has 1 heterocycles. The molecule has 1 N–H and O–H groups in total. The Morgan fingerprint density at radius 3 is 2.55 bits per heavy atom. The third-order valence-corrected chi connectivity index (χ3v) is 4.01. The Labute approximate surface area is 122 Å². The maximum atomic E-state index is 12.2. The van der Waals surface area contributed by atoms with Crippen molar-refractivity contribution in [3.63, 3.8) is 0 Å². The SMILES string of the molecule is CCCC(CC(=O)Nc1ccccc1)N1CCCCC1. The lowest BCUT2D eigenvalue weighted by atomic mass is 10.0. The number of nitrogens with one attached hydrogen (secondary N) is 1. The first-order chi connectivity index (χ1) is 9.79. The fourth-order valence-electron chi connectivity index (χ4n) is 2.98. The molecular weight excluding hydrogens is 248 g/mol. The van der Waals surface area contributed by atoms with E-state index in [1.54, 1.807) is 0 Å². The maximum absolute atomic E-state index is 12.2. The Kier molecular flexibility index (Phi) is 6.06. The van der Waals surface area contributed by atoms with Crippen molar-refractivity contribution >= 4 is 11.6 Å². The molecule has 1 aromatic carbocycles. The molecule has 1 aromatic rings. The van der Waals surface area contributed by atoms with Crippen LogP contribution in [-0.4, -0.2) is 29.9 Å². The van der Waals surface area contributed by atoms with Gasteiger partial charge in [0.1, 0.15) is 0 Å². The zero-order valence-corrected chi connectivity index (χ0v) is 12.5. The minimum atomic E-state index is 0.139. The van der Waals surface area contributed by atoms with Crippen molar-refractivity contribution in [1.29, 1.82) is 0 Å². The lowest BCUT2D eigenvalue weighted by Crippen LogP contribution is -2.41. The molecule has 1 fully saturated rings. The number of para-hydroxylation sites is 1. The molecule has 110 valence electrons. The number of nitrogens with zero attached hydrogens (tertiary/aromatic N) is 1. The summed E-state index contributed by atoms with van der Waals surface area (Å²) < 4.78 is 0. The number of piperidine rings is 1. The first-order valence-electron chi connectivity index (χ1n) is 7.88. The number of amides is 1. The zero-order valence-electron chi connectivity index (χ0n) is 12.5. The van der Waals surface area contributed by atoms with Gasteiger partial charge in [-0.1, -0.05) is 38.0 Å². The van der Waals surface area contributed by atoms with Gasteiger partial charge in [0.15, 0.2) is 0 Å². The second-order valence-electron chi connectivity index (χ2n) is 5.66. The van der Waals surface area contributed by atoms with Gasteiger partial charge >= 0.3 is 0 Å². The van der Waals surface area contributed by atoms with Crippen LogP contribution in [0.25, 0.3) is 0 Å². The van der Waals surface area contributed by atoms with E-state index in [2.05, 4.69) is 17.1 Å². The van der Waals surface area contributed by atoms with Gasteiger partial charge in [-0.3, -0.25) is 9.69 Å². The average molecular weight is 274 g/mol. The molecule has 0 aromatic heterocycles. The molecule has 1 unspecified atom stereocenters. The highest BCUT2D eigenvalue weighted by molar-refractivity contribution is 5.91. The molecule has 1 atom stereocenters. The highest BCUT2D eigenvalue weighted by Gasteiger charge is 2.22. The number of hydrogen-bond donors (Lipinski definition) is 1. The molecule has 1 aliphatic rings. The van der Waals surface area contributed by atoms with Crippen molar-refractivity contribution in [3.05, 3.63) is 30.3 Å². The summed E-state index contributed by atoms with van der Waals surface area (Å²) in [5.41, 5.74) is 0.895. The van der Waals surface area contributed by atoms with Gasteiger partial charge in [-0.15, -0.1) is 0 Å². The molecule has 2 rings (SSSR count). The van der Waals surface area contributed by atoms with Gasteiger partial charge in [0, 0.05) is 18.2 Å². The van der Waals surface area contributed by atoms with E-state index in [4.69, 9.17) is 0 Å². The van der Waals surface area contributed by atoms with Crippen molar-refractivity contribution in [1.82, 2.24) is 4.90 Å². The molecule has 0 saturated carbocycles. The Balaban J connectivity index is 1.88. The number of rotatable bonds is 6. The van der Waals surface area contributed by atoms with Gasteiger partial charge in [-0.25, -0.2) is 0 Å². The van der Waals surface area contributed by atoms with Crippen LogP contribution in [0.1, 0.15) is 45.4 Å². The number of carbonyl (C=O) groups is 1. The third kappa shape index (κ3) is 4.64. The summed E-state index contributed by atoms with van der Waals surface area (Å²) in [7, 11) is 0. The summed E-state index contributed by atoms with van der Waals surface area (Å²) in [6.45, 7) is 4.51. The van der Waals surface area contributed by atoms with Crippen LogP contribution in [-0.2, 0) is 4.79 Å². The smallest absolute Gasteiger partial charge is 0.225 e. The number of anilines is 1. The minimum Gasteiger partial charge on any atom is -0.326 e. The molecule has 0 aliphatic carbocycles. The van der Waals surface area contributed by atoms with E-state index in [1.165, 1.54) is 19.3 Å². The van der Waals surface area contributed by atoms with Crippen LogP contribution in [0.5, 0.6) is 0 Å².